The molecule has 0 bridgehead atoms. The molecule has 1 aromatic heterocycles. The maximum atomic E-state index is 12.7. The number of hydrogen-bond acceptors (Lipinski definition) is 5. The zero-order valence-corrected chi connectivity index (χ0v) is 12.5. The van der Waals surface area contributed by atoms with Gasteiger partial charge in [0.2, 0.25) is 0 Å². The van der Waals surface area contributed by atoms with E-state index in [9.17, 15) is 4.79 Å². The molecule has 0 unspecified atom stereocenters. The maximum absolute atomic E-state index is 12.7. The number of nitrogens with zero attached hydrogens (tertiary/aromatic N) is 4. The highest BCUT2D eigenvalue weighted by Crippen LogP contribution is 2.20. The molecule has 0 aliphatic carbocycles. The summed E-state index contributed by atoms with van der Waals surface area (Å²) in [6.45, 7) is 0. The lowest BCUT2D eigenvalue weighted by Crippen LogP contribution is -2.27. The van der Waals surface area contributed by atoms with Crippen molar-refractivity contribution < 1.29 is 9.53 Å². The van der Waals surface area contributed by atoms with E-state index in [1.54, 1.807) is 31.4 Å². The van der Waals surface area contributed by atoms with E-state index in [1.807, 2.05) is 30.3 Å². The van der Waals surface area contributed by atoms with Crippen LogP contribution in [0.5, 0.6) is 5.75 Å². The third-order valence-corrected chi connectivity index (χ3v) is 3.35. The minimum atomic E-state index is -0.645. The SMILES string of the molecule is COc1ccc(NC(=O)[C@@H](c2ccccc2)n2cnnn2)cc1. The number of amides is 1. The Morgan fingerprint density at radius 1 is 1.13 bits per heavy atom. The van der Waals surface area contributed by atoms with Crippen LogP contribution in [0, 0.1) is 0 Å². The molecule has 0 fully saturated rings. The van der Waals surface area contributed by atoms with E-state index >= 15 is 0 Å². The Hall–Kier alpha value is -3.22. The van der Waals surface area contributed by atoms with Gasteiger partial charge in [0.25, 0.3) is 5.91 Å². The predicted molar refractivity (Wildman–Crippen MR) is 84.0 cm³/mol. The monoisotopic (exact) mass is 309 g/mol. The van der Waals surface area contributed by atoms with E-state index in [1.165, 1.54) is 11.0 Å². The molecular formula is C16H15N5O2. The minimum Gasteiger partial charge on any atom is -0.497 e. The first kappa shape index (κ1) is 14.7. The zero-order chi connectivity index (χ0) is 16.1. The minimum absolute atomic E-state index is 0.228. The van der Waals surface area contributed by atoms with Gasteiger partial charge in [-0.1, -0.05) is 30.3 Å². The number of ether oxygens (including phenoxy) is 1. The van der Waals surface area contributed by atoms with Crippen molar-refractivity contribution in [2.45, 2.75) is 6.04 Å². The van der Waals surface area contributed by atoms with Crippen LogP contribution < -0.4 is 10.1 Å². The molecule has 0 saturated carbocycles. The smallest absolute Gasteiger partial charge is 0.253 e. The van der Waals surface area contributed by atoms with Gasteiger partial charge in [-0.3, -0.25) is 4.79 Å². The van der Waals surface area contributed by atoms with Crippen LogP contribution in [-0.2, 0) is 4.79 Å². The topological polar surface area (TPSA) is 81.9 Å². The third kappa shape index (κ3) is 3.34. The fraction of sp³-hybridized carbons (Fsp3) is 0.125. The summed E-state index contributed by atoms with van der Waals surface area (Å²) in [5, 5.41) is 14.0. The Morgan fingerprint density at radius 2 is 1.87 bits per heavy atom. The number of aromatic nitrogens is 4. The van der Waals surface area contributed by atoms with E-state index in [0.717, 1.165) is 11.3 Å². The summed E-state index contributed by atoms with van der Waals surface area (Å²) < 4.78 is 6.53. The highest BCUT2D eigenvalue weighted by atomic mass is 16.5. The summed E-state index contributed by atoms with van der Waals surface area (Å²) in [6, 6.07) is 15.8. The van der Waals surface area contributed by atoms with Crippen LogP contribution in [0.15, 0.2) is 60.9 Å². The number of nitrogens with one attached hydrogen (secondary N) is 1. The Morgan fingerprint density at radius 3 is 2.48 bits per heavy atom. The second-order valence-electron chi connectivity index (χ2n) is 4.82. The summed E-state index contributed by atoms with van der Waals surface area (Å²) in [7, 11) is 1.59. The largest absolute Gasteiger partial charge is 0.497 e. The highest BCUT2D eigenvalue weighted by Gasteiger charge is 2.23. The van der Waals surface area contributed by atoms with Crippen molar-refractivity contribution >= 4 is 11.6 Å². The number of methoxy groups -OCH3 is 1. The molecule has 0 aliphatic heterocycles. The fourth-order valence-corrected chi connectivity index (χ4v) is 2.23. The number of carbonyl (C=O) groups is 1. The second-order valence-corrected chi connectivity index (χ2v) is 4.82. The summed E-state index contributed by atoms with van der Waals surface area (Å²) >= 11 is 0. The van der Waals surface area contributed by atoms with E-state index in [0.29, 0.717) is 5.69 Å². The van der Waals surface area contributed by atoms with Crippen LogP contribution in [-0.4, -0.2) is 33.2 Å². The van der Waals surface area contributed by atoms with Crippen LogP contribution in [0.1, 0.15) is 11.6 Å². The van der Waals surface area contributed by atoms with Gasteiger partial charge in [-0.2, -0.15) is 0 Å². The van der Waals surface area contributed by atoms with Crippen molar-refractivity contribution in [2.75, 3.05) is 12.4 Å². The summed E-state index contributed by atoms with van der Waals surface area (Å²) in [5.41, 5.74) is 1.47. The number of carbonyl (C=O) groups excluding carboxylic acids is 1. The molecule has 2 aromatic carbocycles. The van der Waals surface area contributed by atoms with E-state index in [2.05, 4.69) is 20.8 Å². The zero-order valence-electron chi connectivity index (χ0n) is 12.5. The molecule has 1 atom stereocenters. The number of benzene rings is 2. The van der Waals surface area contributed by atoms with Crippen molar-refractivity contribution in [3.05, 3.63) is 66.5 Å². The Balaban J connectivity index is 1.86. The average Bonchev–Trinajstić information content (AvgIpc) is 3.11. The standard InChI is InChI=1S/C16H15N5O2/c1-23-14-9-7-13(8-10-14)18-16(22)15(21-11-17-19-20-21)12-5-3-2-4-6-12/h2-11,15H,1H3,(H,18,22)/t15-/m1/s1. The van der Waals surface area contributed by atoms with Crippen LogP contribution >= 0.6 is 0 Å². The van der Waals surface area contributed by atoms with Gasteiger partial charge in [-0.15, -0.1) is 5.10 Å². The average molecular weight is 309 g/mol. The lowest BCUT2D eigenvalue weighted by Gasteiger charge is -2.16. The molecule has 1 heterocycles. The van der Waals surface area contributed by atoms with Crippen molar-refractivity contribution in [3.63, 3.8) is 0 Å². The van der Waals surface area contributed by atoms with Crippen LogP contribution in [0.3, 0.4) is 0 Å². The van der Waals surface area contributed by atoms with Gasteiger partial charge in [-0.25, -0.2) is 4.68 Å². The molecule has 0 saturated heterocycles. The molecule has 23 heavy (non-hydrogen) atoms. The highest BCUT2D eigenvalue weighted by molar-refractivity contribution is 5.95. The lowest BCUT2D eigenvalue weighted by molar-refractivity contribution is -0.118. The summed E-state index contributed by atoms with van der Waals surface area (Å²) in [6.07, 6.45) is 1.42. The molecule has 7 nitrogen and oxygen atoms in total. The van der Waals surface area contributed by atoms with Gasteiger partial charge in [0.15, 0.2) is 6.04 Å². The number of tetrazole rings is 1. The molecule has 3 rings (SSSR count). The number of anilines is 1. The van der Waals surface area contributed by atoms with Crippen molar-refractivity contribution in [1.82, 2.24) is 20.2 Å². The van der Waals surface area contributed by atoms with Crippen LogP contribution in [0.25, 0.3) is 0 Å². The van der Waals surface area contributed by atoms with Crippen LogP contribution in [0.4, 0.5) is 5.69 Å². The normalized spacial score (nSPS) is 11.7. The molecule has 1 N–H and O–H groups in total. The quantitative estimate of drug-likeness (QED) is 0.778. The predicted octanol–water partition coefficient (Wildman–Crippen LogP) is 1.91. The van der Waals surface area contributed by atoms with Crippen molar-refractivity contribution in [1.29, 1.82) is 0 Å². The van der Waals surface area contributed by atoms with Gasteiger partial charge in [-0.05, 0) is 40.3 Å². The van der Waals surface area contributed by atoms with Gasteiger partial charge in [0.1, 0.15) is 12.1 Å². The van der Waals surface area contributed by atoms with Gasteiger partial charge >= 0.3 is 0 Å². The molecule has 116 valence electrons. The fourth-order valence-electron chi connectivity index (χ4n) is 2.23. The molecule has 0 radical (unpaired) electrons. The van der Waals surface area contributed by atoms with E-state index in [-0.39, 0.29) is 5.91 Å². The molecule has 0 aliphatic rings. The second kappa shape index (κ2) is 6.69. The van der Waals surface area contributed by atoms with Gasteiger partial charge in [0.05, 0.1) is 7.11 Å². The summed E-state index contributed by atoms with van der Waals surface area (Å²) in [4.78, 5) is 12.7. The first-order valence-corrected chi connectivity index (χ1v) is 7.00. The van der Waals surface area contributed by atoms with Crippen molar-refractivity contribution in [2.24, 2.45) is 0 Å². The Labute approximate surface area is 132 Å². The Kier molecular flexibility index (Phi) is 4.28. The Bertz CT molecular complexity index is 757. The first-order valence-electron chi connectivity index (χ1n) is 7.00. The number of rotatable bonds is 5. The molecule has 3 aromatic rings. The molecule has 1 amide bonds. The molecule has 7 heteroatoms. The molecule has 0 spiro atoms. The van der Waals surface area contributed by atoms with Gasteiger partial charge < -0.3 is 10.1 Å². The third-order valence-electron chi connectivity index (χ3n) is 3.35. The van der Waals surface area contributed by atoms with E-state index in [4.69, 9.17) is 4.74 Å². The first-order chi connectivity index (χ1) is 11.3. The maximum Gasteiger partial charge on any atom is 0.253 e. The summed E-state index contributed by atoms with van der Waals surface area (Å²) in [5.74, 6) is 0.497. The number of hydrogen-bond donors (Lipinski definition) is 1. The lowest BCUT2D eigenvalue weighted by atomic mass is 10.1. The molecular weight excluding hydrogens is 294 g/mol. The van der Waals surface area contributed by atoms with Crippen LogP contribution in [0.2, 0.25) is 0 Å². The van der Waals surface area contributed by atoms with Gasteiger partial charge in [0, 0.05) is 5.69 Å². The van der Waals surface area contributed by atoms with Crippen molar-refractivity contribution in [3.8, 4) is 5.75 Å². The van der Waals surface area contributed by atoms with E-state index < -0.39 is 6.04 Å².